The zero-order valence-electron chi connectivity index (χ0n) is 12.1. The van der Waals surface area contributed by atoms with Crippen molar-refractivity contribution in [2.24, 2.45) is 0 Å². The van der Waals surface area contributed by atoms with Crippen LogP contribution in [0.5, 0.6) is 0 Å². The zero-order valence-corrected chi connectivity index (χ0v) is 13.7. The van der Waals surface area contributed by atoms with Crippen molar-refractivity contribution < 1.29 is 19.1 Å². The Morgan fingerprint density at radius 1 is 1.20 bits per heavy atom. The van der Waals surface area contributed by atoms with Crippen molar-refractivity contribution in [2.75, 3.05) is 7.11 Å². The van der Waals surface area contributed by atoms with E-state index in [1.165, 1.54) is 7.11 Å². The van der Waals surface area contributed by atoms with Gasteiger partial charge in [0.05, 0.1) is 19.4 Å². The molecule has 0 spiro atoms. The van der Waals surface area contributed by atoms with Crippen LogP contribution in [-0.4, -0.2) is 24.6 Å². The molecule has 0 N–H and O–H groups in total. The maximum atomic E-state index is 11.9. The average molecular weight is 343 g/mol. The van der Waals surface area contributed by atoms with Crippen molar-refractivity contribution in [3.05, 3.63) is 34.3 Å². The largest absolute Gasteiger partial charge is 0.469 e. The number of esters is 2. The van der Waals surface area contributed by atoms with Gasteiger partial charge in [-0.1, -0.05) is 28.1 Å². The van der Waals surface area contributed by atoms with Crippen molar-refractivity contribution in [1.82, 2.24) is 0 Å². The first-order chi connectivity index (χ1) is 9.23. The van der Waals surface area contributed by atoms with Crippen LogP contribution in [0.1, 0.15) is 38.7 Å². The predicted octanol–water partition coefficient (Wildman–Crippen LogP) is 3.44. The summed E-state index contributed by atoms with van der Waals surface area (Å²) in [5.41, 5.74) is 0.156. The Bertz CT molecular complexity index is 474. The molecule has 20 heavy (non-hydrogen) atoms. The minimum Gasteiger partial charge on any atom is -0.469 e. The third kappa shape index (κ3) is 5.33. The molecule has 0 aliphatic heterocycles. The van der Waals surface area contributed by atoms with Gasteiger partial charge in [0, 0.05) is 4.47 Å². The van der Waals surface area contributed by atoms with Crippen LogP contribution in [0.25, 0.3) is 0 Å². The first-order valence-corrected chi connectivity index (χ1v) is 7.07. The molecular weight excluding hydrogens is 324 g/mol. The van der Waals surface area contributed by atoms with Crippen LogP contribution in [0.2, 0.25) is 0 Å². The lowest BCUT2D eigenvalue weighted by molar-refractivity contribution is -0.158. The smallest absolute Gasteiger partial charge is 0.313 e. The fourth-order valence-corrected chi connectivity index (χ4v) is 1.99. The van der Waals surface area contributed by atoms with Crippen molar-refractivity contribution >= 4 is 27.9 Å². The van der Waals surface area contributed by atoms with Crippen LogP contribution >= 0.6 is 15.9 Å². The Kier molecular flexibility index (Phi) is 5.74. The Balaban J connectivity index is 2.88. The topological polar surface area (TPSA) is 52.6 Å². The van der Waals surface area contributed by atoms with E-state index in [0.29, 0.717) is 0 Å². The molecule has 0 saturated heterocycles. The Labute approximate surface area is 127 Å². The van der Waals surface area contributed by atoms with Crippen LogP contribution in [0.4, 0.5) is 0 Å². The molecule has 1 rings (SSSR count). The van der Waals surface area contributed by atoms with Gasteiger partial charge >= 0.3 is 11.9 Å². The van der Waals surface area contributed by atoms with Gasteiger partial charge in [0.1, 0.15) is 5.60 Å². The normalized spacial score (nSPS) is 12.7. The fourth-order valence-electron chi connectivity index (χ4n) is 1.72. The van der Waals surface area contributed by atoms with Crippen molar-refractivity contribution in [2.45, 2.75) is 38.7 Å². The lowest BCUT2D eigenvalue weighted by Crippen LogP contribution is -2.27. The molecule has 0 aliphatic rings. The molecule has 1 aromatic rings. The third-order valence-electron chi connectivity index (χ3n) is 2.55. The quantitative estimate of drug-likeness (QED) is 0.786. The molecule has 0 amide bonds. The molecule has 110 valence electrons. The van der Waals surface area contributed by atoms with Gasteiger partial charge in [-0.3, -0.25) is 9.59 Å². The van der Waals surface area contributed by atoms with Crippen molar-refractivity contribution in [3.63, 3.8) is 0 Å². The molecular formula is C15H19BrO4. The summed E-state index contributed by atoms with van der Waals surface area (Å²) in [7, 11) is 1.31. The molecule has 4 nitrogen and oxygen atoms in total. The second kappa shape index (κ2) is 6.88. The van der Waals surface area contributed by atoms with E-state index in [9.17, 15) is 9.59 Å². The first-order valence-electron chi connectivity index (χ1n) is 6.28. The van der Waals surface area contributed by atoms with E-state index in [0.717, 1.165) is 10.0 Å². The van der Waals surface area contributed by atoms with E-state index in [1.807, 2.05) is 12.1 Å². The highest BCUT2D eigenvalue weighted by molar-refractivity contribution is 9.10. The average Bonchev–Trinajstić information content (AvgIpc) is 2.34. The highest BCUT2D eigenvalue weighted by atomic mass is 79.9. The number of hydrogen-bond acceptors (Lipinski definition) is 4. The number of rotatable bonds is 4. The predicted molar refractivity (Wildman–Crippen MR) is 79.4 cm³/mol. The van der Waals surface area contributed by atoms with E-state index in [2.05, 4.69) is 15.9 Å². The number of hydrogen-bond donors (Lipinski definition) is 0. The second-order valence-electron chi connectivity index (χ2n) is 5.42. The highest BCUT2D eigenvalue weighted by Gasteiger charge is 2.27. The monoisotopic (exact) mass is 342 g/mol. The van der Waals surface area contributed by atoms with Gasteiger partial charge < -0.3 is 9.47 Å². The van der Waals surface area contributed by atoms with E-state index in [1.54, 1.807) is 32.9 Å². The maximum Gasteiger partial charge on any atom is 0.313 e. The van der Waals surface area contributed by atoms with Gasteiger partial charge in [0.15, 0.2) is 0 Å². The van der Waals surface area contributed by atoms with Crippen molar-refractivity contribution in [3.8, 4) is 0 Å². The molecule has 0 fully saturated rings. The van der Waals surface area contributed by atoms with E-state index in [-0.39, 0.29) is 6.42 Å². The Morgan fingerprint density at radius 2 is 1.75 bits per heavy atom. The van der Waals surface area contributed by atoms with E-state index >= 15 is 0 Å². The lowest BCUT2D eigenvalue weighted by Gasteiger charge is -2.21. The number of ether oxygens (including phenoxy) is 2. The standard InChI is InChI=1S/C15H19BrO4/c1-15(2,3)20-13(17)9-12(14(18)19-4)10-5-7-11(16)8-6-10/h5-8,12H,9H2,1-4H3. The third-order valence-corrected chi connectivity index (χ3v) is 3.08. The first kappa shape index (κ1) is 16.7. The Hall–Kier alpha value is -1.36. The second-order valence-corrected chi connectivity index (χ2v) is 6.33. The summed E-state index contributed by atoms with van der Waals surface area (Å²) in [4.78, 5) is 23.7. The number of carbonyl (C=O) groups is 2. The molecule has 0 saturated carbocycles. The van der Waals surface area contributed by atoms with Crippen LogP contribution < -0.4 is 0 Å². The van der Waals surface area contributed by atoms with Gasteiger partial charge in [-0.15, -0.1) is 0 Å². The summed E-state index contributed by atoms with van der Waals surface area (Å²) < 4.78 is 10.9. The van der Waals surface area contributed by atoms with Crippen molar-refractivity contribution in [1.29, 1.82) is 0 Å². The van der Waals surface area contributed by atoms with Gasteiger partial charge in [0.2, 0.25) is 0 Å². The molecule has 0 aliphatic carbocycles. The Morgan fingerprint density at radius 3 is 2.20 bits per heavy atom. The van der Waals surface area contributed by atoms with Crippen LogP contribution in [0.15, 0.2) is 28.7 Å². The number of halogens is 1. The highest BCUT2D eigenvalue weighted by Crippen LogP contribution is 2.24. The van der Waals surface area contributed by atoms with Crippen LogP contribution in [0.3, 0.4) is 0 Å². The van der Waals surface area contributed by atoms with E-state index < -0.39 is 23.5 Å². The molecule has 5 heteroatoms. The molecule has 1 atom stereocenters. The summed E-state index contributed by atoms with van der Waals surface area (Å²) in [6.07, 6.45) is -0.0361. The maximum absolute atomic E-state index is 11.9. The van der Waals surface area contributed by atoms with Gasteiger partial charge in [-0.25, -0.2) is 0 Å². The van der Waals surface area contributed by atoms with Gasteiger partial charge in [-0.2, -0.15) is 0 Å². The molecule has 0 heterocycles. The van der Waals surface area contributed by atoms with Gasteiger partial charge in [-0.05, 0) is 38.5 Å². The number of carbonyl (C=O) groups excluding carboxylic acids is 2. The summed E-state index contributed by atoms with van der Waals surface area (Å²) in [5, 5.41) is 0. The number of methoxy groups -OCH3 is 1. The summed E-state index contributed by atoms with van der Waals surface area (Å²) in [6.45, 7) is 5.37. The fraction of sp³-hybridized carbons (Fsp3) is 0.467. The molecule has 0 aromatic heterocycles. The zero-order chi connectivity index (χ0) is 15.3. The minimum absolute atomic E-state index is 0.0361. The molecule has 0 radical (unpaired) electrons. The molecule has 0 bridgehead atoms. The van der Waals surface area contributed by atoms with E-state index in [4.69, 9.17) is 9.47 Å². The summed E-state index contributed by atoms with van der Waals surface area (Å²) in [6, 6.07) is 7.22. The number of benzene rings is 1. The molecule has 1 aromatic carbocycles. The summed E-state index contributed by atoms with van der Waals surface area (Å²) in [5.74, 6) is -1.52. The van der Waals surface area contributed by atoms with Gasteiger partial charge in [0.25, 0.3) is 0 Å². The van der Waals surface area contributed by atoms with Crippen LogP contribution in [-0.2, 0) is 19.1 Å². The minimum atomic E-state index is -0.650. The lowest BCUT2D eigenvalue weighted by atomic mass is 9.96. The van der Waals surface area contributed by atoms with Crippen LogP contribution in [0, 0.1) is 0 Å². The molecule has 1 unspecified atom stereocenters. The summed E-state index contributed by atoms with van der Waals surface area (Å²) >= 11 is 3.33. The SMILES string of the molecule is COC(=O)C(CC(=O)OC(C)(C)C)c1ccc(Br)cc1.